The zero-order chi connectivity index (χ0) is 9.84. The summed E-state index contributed by atoms with van der Waals surface area (Å²) in [5, 5.41) is 0. The van der Waals surface area contributed by atoms with Gasteiger partial charge in [-0.3, -0.25) is 4.79 Å². The van der Waals surface area contributed by atoms with E-state index in [2.05, 4.69) is 0 Å². The highest BCUT2D eigenvalue weighted by atomic mass is 16.2. The molecule has 1 rings (SSSR count). The van der Waals surface area contributed by atoms with Crippen molar-refractivity contribution in [1.29, 1.82) is 0 Å². The number of nitrogens with zero attached hydrogens (tertiary/aromatic N) is 1. The lowest BCUT2D eigenvalue weighted by molar-refractivity contribution is -0.131. The van der Waals surface area contributed by atoms with Gasteiger partial charge in [0.2, 0.25) is 5.91 Å². The van der Waals surface area contributed by atoms with Crippen LogP contribution in [0.3, 0.4) is 0 Å². The van der Waals surface area contributed by atoms with Gasteiger partial charge in [-0.05, 0) is 25.2 Å². The lowest BCUT2D eigenvalue weighted by Crippen LogP contribution is -2.42. The van der Waals surface area contributed by atoms with Crippen LogP contribution in [0.5, 0.6) is 0 Å². The Kier molecular flexibility index (Phi) is 3.72. The lowest BCUT2D eigenvalue weighted by atomic mass is 10.1. The maximum Gasteiger partial charge on any atom is 0.239 e. The van der Waals surface area contributed by atoms with E-state index in [9.17, 15) is 4.79 Å². The molecule has 1 aliphatic rings. The first-order valence-electron chi connectivity index (χ1n) is 5.15. The van der Waals surface area contributed by atoms with Crippen molar-refractivity contribution in [3.05, 3.63) is 0 Å². The number of carbonyl (C=O) groups excluding carboxylic acids is 1. The molecule has 0 aliphatic heterocycles. The third-order valence-electron chi connectivity index (χ3n) is 2.52. The lowest BCUT2D eigenvalue weighted by Gasteiger charge is -2.20. The van der Waals surface area contributed by atoms with E-state index in [4.69, 9.17) is 5.73 Å². The largest absolute Gasteiger partial charge is 0.344 e. The van der Waals surface area contributed by atoms with Gasteiger partial charge in [-0.1, -0.05) is 13.3 Å². The first-order valence-corrected chi connectivity index (χ1v) is 5.15. The minimum Gasteiger partial charge on any atom is -0.344 e. The van der Waals surface area contributed by atoms with Crippen LogP contribution >= 0.6 is 0 Å². The molecule has 13 heavy (non-hydrogen) atoms. The Hall–Kier alpha value is -0.570. The van der Waals surface area contributed by atoms with Crippen LogP contribution in [0.2, 0.25) is 0 Å². The van der Waals surface area contributed by atoms with Gasteiger partial charge in [0.1, 0.15) is 0 Å². The van der Waals surface area contributed by atoms with Gasteiger partial charge in [0.15, 0.2) is 0 Å². The van der Waals surface area contributed by atoms with Crippen molar-refractivity contribution in [1.82, 2.24) is 4.90 Å². The maximum absolute atomic E-state index is 11.6. The summed E-state index contributed by atoms with van der Waals surface area (Å²) >= 11 is 0. The number of nitrogens with two attached hydrogens (primary N) is 1. The highest BCUT2D eigenvalue weighted by Gasteiger charge is 2.26. The molecule has 0 bridgehead atoms. The second kappa shape index (κ2) is 4.61. The van der Waals surface area contributed by atoms with Crippen molar-refractivity contribution in [3.63, 3.8) is 0 Å². The highest BCUT2D eigenvalue weighted by Crippen LogP contribution is 2.29. The molecule has 1 saturated carbocycles. The van der Waals surface area contributed by atoms with Crippen LogP contribution in [-0.2, 0) is 4.79 Å². The second-order valence-electron chi connectivity index (χ2n) is 4.06. The minimum atomic E-state index is -0.284. The molecule has 3 nitrogen and oxygen atoms in total. The van der Waals surface area contributed by atoms with Gasteiger partial charge < -0.3 is 10.6 Å². The van der Waals surface area contributed by atoms with Crippen LogP contribution in [-0.4, -0.2) is 30.4 Å². The Balaban J connectivity index is 2.26. The van der Waals surface area contributed by atoms with Crippen molar-refractivity contribution >= 4 is 5.91 Å². The van der Waals surface area contributed by atoms with Crippen molar-refractivity contribution < 1.29 is 4.79 Å². The molecule has 0 aromatic heterocycles. The first-order chi connectivity index (χ1) is 6.15. The SMILES string of the molecule is CCCC(N)C(=O)N(C)CC1CC1. The average Bonchev–Trinajstić information content (AvgIpc) is 2.87. The van der Waals surface area contributed by atoms with E-state index in [1.54, 1.807) is 4.90 Å². The Bertz CT molecular complexity index is 178. The van der Waals surface area contributed by atoms with Gasteiger partial charge in [0, 0.05) is 13.6 Å². The van der Waals surface area contributed by atoms with Crippen LogP contribution in [0.4, 0.5) is 0 Å². The smallest absolute Gasteiger partial charge is 0.239 e. The number of hydrogen-bond donors (Lipinski definition) is 1. The van der Waals surface area contributed by atoms with Gasteiger partial charge in [-0.25, -0.2) is 0 Å². The van der Waals surface area contributed by atoms with Crippen LogP contribution in [0, 0.1) is 5.92 Å². The number of hydrogen-bond acceptors (Lipinski definition) is 2. The van der Waals surface area contributed by atoms with Gasteiger partial charge in [0.25, 0.3) is 0 Å². The predicted octanol–water partition coefficient (Wildman–Crippen LogP) is 0.982. The molecule has 0 heterocycles. The number of carbonyl (C=O) groups is 1. The molecule has 0 aromatic rings. The molecule has 3 heteroatoms. The molecule has 2 N–H and O–H groups in total. The second-order valence-corrected chi connectivity index (χ2v) is 4.06. The molecular weight excluding hydrogens is 164 g/mol. The molecule has 1 unspecified atom stereocenters. The third kappa shape index (κ3) is 3.35. The van der Waals surface area contributed by atoms with E-state index >= 15 is 0 Å². The standard InChI is InChI=1S/C10H20N2O/c1-3-4-9(11)10(13)12(2)7-8-5-6-8/h8-9H,3-7,11H2,1-2H3. The molecule has 1 fully saturated rings. The Morgan fingerprint density at radius 3 is 2.69 bits per heavy atom. The molecule has 0 saturated heterocycles. The van der Waals surface area contributed by atoms with Gasteiger partial charge in [-0.2, -0.15) is 0 Å². The average molecular weight is 184 g/mol. The summed E-state index contributed by atoms with van der Waals surface area (Å²) in [5.41, 5.74) is 5.73. The summed E-state index contributed by atoms with van der Waals surface area (Å²) in [6.45, 7) is 2.95. The topological polar surface area (TPSA) is 46.3 Å². The zero-order valence-corrected chi connectivity index (χ0v) is 8.62. The van der Waals surface area contributed by atoms with E-state index in [0.717, 1.165) is 25.3 Å². The minimum absolute atomic E-state index is 0.105. The van der Waals surface area contributed by atoms with E-state index in [1.807, 2.05) is 14.0 Å². The fourth-order valence-corrected chi connectivity index (χ4v) is 1.50. The fourth-order valence-electron chi connectivity index (χ4n) is 1.50. The van der Waals surface area contributed by atoms with Crippen molar-refractivity contribution in [2.24, 2.45) is 11.7 Å². The quantitative estimate of drug-likeness (QED) is 0.692. The summed E-state index contributed by atoms with van der Waals surface area (Å²) in [6.07, 6.45) is 4.33. The van der Waals surface area contributed by atoms with E-state index < -0.39 is 0 Å². The van der Waals surface area contributed by atoms with Crippen molar-refractivity contribution in [2.75, 3.05) is 13.6 Å². The van der Waals surface area contributed by atoms with Gasteiger partial charge in [-0.15, -0.1) is 0 Å². The predicted molar refractivity (Wildman–Crippen MR) is 53.2 cm³/mol. The summed E-state index contributed by atoms with van der Waals surface area (Å²) < 4.78 is 0. The van der Waals surface area contributed by atoms with Crippen LogP contribution in [0.1, 0.15) is 32.6 Å². The normalized spacial score (nSPS) is 18.4. The van der Waals surface area contributed by atoms with Crippen LogP contribution < -0.4 is 5.73 Å². The molecule has 0 radical (unpaired) electrons. The molecule has 76 valence electrons. The van der Waals surface area contributed by atoms with Gasteiger partial charge in [0.05, 0.1) is 6.04 Å². The van der Waals surface area contributed by atoms with Crippen LogP contribution in [0.25, 0.3) is 0 Å². The van der Waals surface area contributed by atoms with E-state index in [-0.39, 0.29) is 11.9 Å². The Morgan fingerprint density at radius 2 is 2.23 bits per heavy atom. The van der Waals surface area contributed by atoms with Crippen LogP contribution in [0.15, 0.2) is 0 Å². The third-order valence-corrected chi connectivity index (χ3v) is 2.52. The maximum atomic E-state index is 11.6. The Morgan fingerprint density at radius 1 is 1.62 bits per heavy atom. The van der Waals surface area contributed by atoms with Crippen molar-refractivity contribution in [3.8, 4) is 0 Å². The number of likely N-dealkylation sites (N-methyl/N-ethyl adjacent to an activating group) is 1. The molecule has 1 amide bonds. The Labute approximate surface area is 80.3 Å². The highest BCUT2D eigenvalue weighted by molar-refractivity contribution is 5.81. The molecular formula is C10H20N2O. The molecule has 1 aliphatic carbocycles. The monoisotopic (exact) mass is 184 g/mol. The summed E-state index contributed by atoms with van der Waals surface area (Å²) in [5.74, 6) is 0.858. The summed E-state index contributed by atoms with van der Waals surface area (Å²) in [6, 6.07) is -0.284. The molecule has 0 spiro atoms. The molecule has 0 aromatic carbocycles. The van der Waals surface area contributed by atoms with E-state index in [0.29, 0.717) is 0 Å². The fraction of sp³-hybridized carbons (Fsp3) is 0.900. The zero-order valence-electron chi connectivity index (χ0n) is 8.62. The first kappa shape index (κ1) is 10.5. The van der Waals surface area contributed by atoms with Crippen molar-refractivity contribution in [2.45, 2.75) is 38.6 Å². The summed E-state index contributed by atoms with van der Waals surface area (Å²) in [7, 11) is 1.86. The number of amides is 1. The molecule has 1 atom stereocenters. The number of rotatable bonds is 5. The van der Waals surface area contributed by atoms with E-state index in [1.165, 1.54) is 12.8 Å². The van der Waals surface area contributed by atoms with Gasteiger partial charge >= 0.3 is 0 Å². The summed E-state index contributed by atoms with van der Waals surface area (Å²) in [4.78, 5) is 13.4.